The van der Waals surface area contributed by atoms with E-state index in [1.807, 2.05) is 42.5 Å². The van der Waals surface area contributed by atoms with Gasteiger partial charge in [0, 0.05) is 0 Å². The van der Waals surface area contributed by atoms with Crippen molar-refractivity contribution in [2.75, 3.05) is 13.2 Å². The van der Waals surface area contributed by atoms with Gasteiger partial charge in [-0.3, -0.25) is 0 Å². The largest absolute Gasteiger partial charge is 0.406 e. The molecule has 0 aromatic heterocycles. The van der Waals surface area contributed by atoms with Crippen molar-refractivity contribution in [2.24, 2.45) is 0 Å². The fraction of sp³-hybridized carbons (Fsp3) is 0.333. The minimum absolute atomic E-state index is 0.0993. The first-order valence-corrected chi connectivity index (χ1v) is 13.8. The van der Waals surface area contributed by atoms with Crippen LogP contribution in [-0.4, -0.2) is 32.3 Å². The van der Waals surface area contributed by atoms with E-state index in [-0.39, 0.29) is 15.8 Å². The maximum absolute atomic E-state index is 6.88. The molecule has 0 aliphatic heterocycles. The van der Waals surface area contributed by atoms with Gasteiger partial charge in [0.1, 0.15) is 0 Å². The van der Waals surface area contributed by atoms with Crippen LogP contribution in [-0.2, 0) is 15.8 Å². The van der Waals surface area contributed by atoms with E-state index in [9.17, 15) is 0 Å². The van der Waals surface area contributed by atoms with Gasteiger partial charge in [0.2, 0.25) is 0 Å². The predicted molar refractivity (Wildman–Crippen MR) is 139 cm³/mol. The lowest BCUT2D eigenvalue weighted by Crippen LogP contribution is -2.67. The van der Waals surface area contributed by atoms with Crippen molar-refractivity contribution in [1.29, 1.82) is 0 Å². The Bertz CT molecular complexity index is 891. The lowest BCUT2D eigenvalue weighted by atomic mass is 10.2. The van der Waals surface area contributed by atoms with Gasteiger partial charge in [-0.1, -0.05) is 112 Å². The molecule has 0 aliphatic rings. The van der Waals surface area contributed by atoms with Gasteiger partial charge in [0.05, 0.1) is 30.6 Å². The Morgan fingerprint density at radius 1 is 0.688 bits per heavy atom. The summed E-state index contributed by atoms with van der Waals surface area (Å²) in [6, 6.07) is 31.2. The van der Waals surface area contributed by atoms with Crippen molar-refractivity contribution in [1.82, 2.24) is 0 Å². The molecule has 2 nitrogen and oxygen atoms in total. The third-order valence-corrected chi connectivity index (χ3v) is 11.7. The van der Waals surface area contributed by atoms with E-state index in [0.29, 0.717) is 19.8 Å². The molecular weight excluding hydrogens is 455 g/mol. The van der Waals surface area contributed by atoms with Gasteiger partial charge in [-0.05, 0) is 21.0 Å². The van der Waals surface area contributed by atoms with E-state index in [2.05, 4.69) is 69.3 Å². The normalized spacial score (nSPS) is 14.2. The molecule has 2 atom stereocenters. The molecule has 0 aliphatic carbocycles. The minimum Gasteiger partial charge on any atom is -0.406 e. The standard InChI is InChI=1S/C27H32Cl2O2Si/c1-27(2,3)32(23-15-9-5-10-16-23,24-17-11-6-12-18-24)31-21-26(29)25(28)20-30-19-22-13-7-4-8-14-22/h4-18,25-26H,19-21H2,1-3H3/t25-,26-/m1/s1. The molecular formula is C27H32Cl2O2Si. The van der Waals surface area contributed by atoms with Crippen molar-refractivity contribution < 1.29 is 9.16 Å². The number of halogens is 2. The van der Waals surface area contributed by atoms with E-state index in [1.54, 1.807) is 0 Å². The molecule has 0 heterocycles. The summed E-state index contributed by atoms with van der Waals surface area (Å²) in [6.45, 7) is 8.01. The summed E-state index contributed by atoms with van der Waals surface area (Å²) in [5, 5.41) is 1.65. The molecule has 0 spiro atoms. The van der Waals surface area contributed by atoms with Gasteiger partial charge in [0.15, 0.2) is 0 Å². The molecule has 0 radical (unpaired) electrons. The SMILES string of the molecule is CC(C)(C)[Si](OC[C@@H](Cl)[C@H](Cl)COCc1ccccc1)(c1ccccc1)c1ccccc1. The van der Waals surface area contributed by atoms with Crippen LogP contribution in [0.2, 0.25) is 5.04 Å². The second-order valence-corrected chi connectivity index (χ2v) is 14.4. The monoisotopic (exact) mass is 486 g/mol. The molecule has 0 N–H and O–H groups in total. The third kappa shape index (κ3) is 6.03. The quantitative estimate of drug-likeness (QED) is 0.258. The fourth-order valence-corrected chi connectivity index (χ4v) is 9.03. The van der Waals surface area contributed by atoms with Crippen LogP contribution >= 0.6 is 23.2 Å². The van der Waals surface area contributed by atoms with Crippen molar-refractivity contribution in [3.8, 4) is 0 Å². The van der Waals surface area contributed by atoms with Crippen molar-refractivity contribution in [2.45, 2.75) is 43.2 Å². The van der Waals surface area contributed by atoms with Gasteiger partial charge in [-0.15, -0.1) is 23.2 Å². The van der Waals surface area contributed by atoms with Crippen LogP contribution in [0.1, 0.15) is 26.3 Å². The molecule has 3 aromatic rings. The molecule has 32 heavy (non-hydrogen) atoms. The van der Waals surface area contributed by atoms with Crippen LogP contribution in [0, 0.1) is 0 Å². The predicted octanol–water partition coefficient (Wildman–Crippen LogP) is 5.99. The van der Waals surface area contributed by atoms with Crippen LogP contribution in [0.25, 0.3) is 0 Å². The molecule has 5 heteroatoms. The molecule has 0 saturated carbocycles. The van der Waals surface area contributed by atoms with Crippen LogP contribution < -0.4 is 10.4 Å². The summed E-state index contributed by atoms with van der Waals surface area (Å²) in [6.07, 6.45) is 0. The number of ether oxygens (including phenoxy) is 1. The zero-order valence-electron chi connectivity index (χ0n) is 19.0. The average Bonchev–Trinajstić information content (AvgIpc) is 2.80. The molecule has 3 rings (SSSR count). The zero-order valence-corrected chi connectivity index (χ0v) is 21.5. The van der Waals surface area contributed by atoms with Crippen molar-refractivity contribution >= 4 is 41.9 Å². The summed E-state index contributed by atoms with van der Waals surface area (Å²) in [7, 11) is -2.63. The average molecular weight is 488 g/mol. The van der Waals surface area contributed by atoms with Crippen LogP contribution in [0.15, 0.2) is 91.0 Å². The first kappa shape index (κ1) is 25.0. The Morgan fingerprint density at radius 3 is 1.59 bits per heavy atom. The molecule has 0 amide bonds. The first-order valence-electron chi connectivity index (χ1n) is 11.0. The number of hydrogen-bond donors (Lipinski definition) is 0. The highest BCUT2D eigenvalue weighted by Crippen LogP contribution is 2.37. The van der Waals surface area contributed by atoms with Crippen LogP contribution in [0.3, 0.4) is 0 Å². The Morgan fingerprint density at radius 2 is 1.12 bits per heavy atom. The van der Waals surface area contributed by atoms with E-state index in [0.717, 1.165) is 5.56 Å². The minimum atomic E-state index is -2.63. The third-order valence-electron chi connectivity index (χ3n) is 5.66. The highest BCUT2D eigenvalue weighted by Gasteiger charge is 2.50. The van der Waals surface area contributed by atoms with Gasteiger partial charge in [-0.2, -0.15) is 0 Å². The summed E-state index contributed by atoms with van der Waals surface area (Å²) in [5.41, 5.74) is 1.12. The molecule has 0 bridgehead atoms. The lowest BCUT2D eigenvalue weighted by Gasteiger charge is -2.43. The Balaban J connectivity index is 1.75. The number of rotatable bonds is 10. The summed E-state index contributed by atoms with van der Waals surface area (Å²) in [4.78, 5) is 0. The van der Waals surface area contributed by atoms with E-state index in [1.165, 1.54) is 10.4 Å². The Kier molecular flexibility index (Phi) is 8.98. The van der Waals surface area contributed by atoms with E-state index < -0.39 is 8.32 Å². The van der Waals surface area contributed by atoms with Gasteiger partial charge < -0.3 is 9.16 Å². The van der Waals surface area contributed by atoms with Crippen LogP contribution in [0.4, 0.5) is 0 Å². The number of benzene rings is 3. The molecule has 170 valence electrons. The lowest BCUT2D eigenvalue weighted by molar-refractivity contribution is 0.116. The Hall–Kier alpha value is -1.62. The maximum Gasteiger partial charge on any atom is 0.261 e. The smallest absolute Gasteiger partial charge is 0.261 e. The highest BCUT2D eigenvalue weighted by atomic mass is 35.5. The fourth-order valence-electron chi connectivity index (χ4n) is 4.04. The van der Waals surface area contributed by atoms with E-state index >= 15 is 0 Å². The van der Waals surface area contributed by atoms with E-state index in [4.69, 9.17) is 32.4 Å². The highest BCUT2D eigenvalue weighted by molar-refractivity contribution is 6.99. The molecule has 3 aromatic carbocycles. The maximum atomic E-state index is 6.88. The van der Waals surface area contributed by atoms with Crippen molar-refractivity contribution in [3.05, 3.63) is 96.6 Å². The summed E-state index contributed by atoms with van der Waals surface area (Å²) >= 11 is 13.3. The summed E-state index contributed by atoms with van der Waals surface area (Å²) < 4.78 is 12.7. The Labute approximate surface area is 203 Å². The topological polar surface area (TPSA) is 18.5 Å². The number of hydrogen-bond acceptors (Lipinski definition) is 2. The van der Waals surface area contributed by atoms with Crippen molar-refractivity contribution in [3.63, 3.8) is 0 Å². The summed E-state index contributed by atoms with van der Waals surface area (Å²) in [5.74, 6) is 0. The molecule has 0 fully saturated rings. The number of alkyl halides is 2. The second kappa shape index (κ2) is 11.5. The first-order chi connectivity index (χ1) is 15.3. The van der Waals surface area contributed by atoms with Gasteiger partial charge in [-0.25, -0.2) is 0 Å². The second-order valence-electron chi connectivity index (χ2n) is 9.01. The van der Waals surface area contributed by atoms with Gasteiger partial charge >= 0.3 is 0 Å². The van der Waals surface area contributed by atoms with Gasteiger partial charge in [0.25, 0.3) is 8.32 Å². The van der Waals surface area contributed by atoms with Crippen LogP contribution in [0.5, 0.6) is 0 Å². The zero-order chi connectivity index (χ0) is 23.0. The molecule has 0 unspecified atom stereocenters. The molecule has 0 saturated heterocycles.